The van der Waals surface area contributed by atoms with Crippen molar-refractivity contribution in [1.82, 2.24) is 0 Å². The third-order valence-corrected chi connectivity index (χ3v) is 2.94. The maximum absolute atomic E-state index is 10.5. The molecule has 3 unspecified atom stereocenters. The van der Waals surface area contributed by atoms with Gasteiger partial charge in [0.25, 0.3) is 0 Å². The van der Waals surface area contributed by atoms with Gasteiger partial charge < -0.3 is 9.47 Å². The Hall–Kier alpha value is -0.830. The number of ether oxygens (including phenoxy) is 2. The van der Waals surface area contributed by atoms with Gasteiger partial charge in [-0.15, -0.1) is 0 Å². The Balaban J connectivity index is 1.63. The predicted molar refractivity (Wildman–Crippen MR) is 51.7 cm³/mol. The minimum atomic E-state index is -0.235. The summed E-state index contributed by atoms with van der Waals surface area (Å²) in [5.41, 5.74) is 0. The van der Waals surface area contributed by atoms with E-state index in [1.807, 2.05) is 0 Å². The minimum absolute atomic E-state index is 0.235. The molecule has 0 aromatic rings. The number of carbonyl (C=O) groups is 1. The number of hydrogen-bond donors (Lipinski definition) is 0. The maximum Gasteiger partial charge on any atom is 0.302 e. The van der Waals surface area contributed by atoms with Crippen molar-refractivity contribution >= 4 is 5.97 Å². The highest BCUT2D eigenvalue weighted by molar-refractivity contribution is 5.65. The summed E-state index contributed by atoms with van der Waals surface area (Å²) in [4.78, 5) is 10.5. The SMILES string of the molecule is CC(=O)OCCOC1CC2C=CC1C2. The van der Waals surface area contributed by atoms with Crippen molar-refractivity contribution in [2.45, 2.75) is 25.9 Å². The summed E-state index contributed by atoms with van der Waals surface area (Å²) in [5.74, 6) is 1.11. The van der Waals surface area contributed by atoms with Gasteiger partial charge in [0.05, 0.1) is 12.7 Å². The number of hydrogen-bond acceptors (Lipinski definition) is 3. The van der Waals surface area contributed by atoms with Crippen LogP contribution in [0.4, 0.5) is 0 Å². The van der Waals surface area contributed by atoms with Crippen molar-refractivity contribution in [2.75, 3.05) is 13.2 Å². The van der Waals surface area contributed by atoms with Crippen molar-refractivity contribution in [1.29, 1.82) is 0 Å². The molecule has 0 amide bonds. The molecule has 14 heavy (non-hydrogen) atoms. The van der Waals surface area contributed by atoms with Gasteiger partial charge in [-0.05, 0) is 18.8 Å². The maximum atomic E-state index is 10.5. The van der Waals surface area contributed by atoms with Gasteiger partial charge in [0.1, 0.15) is 6.61 Å². The molecule has 2 aliphatic carbocycles. The lowest BCUT2D eigenvalue weighted by Crippen LogP contribution is -2.21. The topological polar surface area (TPSA) is 35.5 Å². The van der Waals surface area contributed by atoms with Crippen molar-refractivity contribution in [3.05, 3.63) is 12.2 Å². The van der Waals surface area contributed by atoms with Gasteiger partial charge in [0, 0.05) is 12.8 Å². The quantitative estimate of drug-likeness (QED) is 0.388. The van der Waals surface area contributed by atoms with Gasteiger partial charge in [-0.2, -0.15) is 0 Å². The van der Waals surface area contributed by atoms with Crippen molar-refractivity contribution in [3.8, 4) is 0 Å². The first-order valence-electron chi connectivity index (χ1n) is 5.19. The van der Waals surface area contributed by atoms with Crippen molar-refractivity contribution in [3.63, 3.8) is 0 Å². The second kappa shape index (κ2) is 4.13. The summed E-state index contributed by atoms with van der Waals surface area (Å²) in [6.07, 6.45) is 7.29. The molecule has 0 spiro atoms. The average Bonchev–Trinajstić information content (AvgIpc) is 2.73. The molecule has 3 nitrogen and oxygen atoms in total. The zero-order chi connectivity index (χ0) is 9.97. The standard InChI is InChI=1S/C11H16O3/c1-8(12)13-4-5-14-11-7-9-2-3-10(11)6-9/h2-3,9-11H,4-7H2,1H3. The fourth-order valence-electron chi connectivity index (χ4n) is 2.31. The molecule has 0 aromatic heterocycles. The molecule has 2 bridgehead atoms. The van der Waals surface area contributed by atoms with E-state index in [0.717, 1.165) is 12.3 Å². The van der Waals surface area contributed by atoms with Crippen LogP contribution in [0.5, 0.6) is 0 Å². The lowest BCUT2D eigenvalue weighted by atomic mass is 10.1. The molecule has 3 heteroatoms. The summed E-state index contributed by atoms with van der Waals surface area (Å²) in [6, 6.07) is 0. The number of fused-ring (bicyclic) bond motifs is 2. The Labute approximate surface area is 84.1 Å². The van der Waals surface area contributed by atoms with Gasteiger partial charge in [0.15, 0.2) is 0 Å². The van der Waals surface area contributed by atoms with E-state index in [1.54, 1.807) is 0 Å². The number of carbonyl (C=O) groups excluding carboxylic acids is 1. The van der Waals surface area contributed by atoms with E-state index < -0.39 is 0 Å². The molecule has 1 fully saturated rings. The Morgan fingerprint density at radius 2 is 2.21 bits per heavy atom. The van der Waals surface area contributed by atoms with E-state index in [-0.39, 0.29) is 5.97 Å². The van der Waals surface area contributed by atoms with Crippen molar-refractivity contribution < 1.29 is 14.3 Å². The van der Waals surface area contributed by atoms with E-state index in [4.69, 9.17) is 9.47 Å². The van der Waals surface area contributed by atoms with E-state index in [9.17, 15) is 4.79 Å². The van der Waals surface area contributed by atoms with E-state index in [2.05, 4.69) is 12.2 Å². The van der Waals surface area contributed by atoms with Gasteiger partial charge >= 0.3 is 5.97 Å². The van der Waals surface area contributed by atoms with Crippen LogP contribution in [0.25, 0.3) is 0 Å². The largest absolute Gasteiger partial charge is 0.463 e. The van der Waals surface area contributed by atoms with E-state index in [0.29, 0.717) is 25.2 Å². The number of esters is 1. The minimum Gasteiger partial charge on any atom is -0.463 e. The van der Waals surface area contributed by atoms with Gasteiger partial charge in [-0.3, -0.25) is 4.79 Å². The second-order valence-corrected chi connectivity index (χ2v) is 4.03. The summed E-state index contributed by atoms with van der Waals surface area (Å²) in [6.45, 7) is 2.33. The van der Waals surface area contributed by atoms with E-state index >= 15 is 0 Å². The fraction of sp³-hybridized carbons (Fsp3) is 0.727. The van der Waals surface area contributed by atoms with Crippen LogP contribution < -0.4 is 0 Å². The van der Waals surface area contributed by atoms with Crippen LogP contribution in [-0.4, -0.2) is 25.3 Å². The molecule has 0 heterocycles. The molecule has 0 saturated heterocycles. The zero-order valence-corrected chi connectivity index (χ0v) is 8.44. The predicted octanol–water partition coefficient (Wildman–Crippen LogP) is 1.53. The summed E-state index contributed by atoms with van der Waals surface area (Å²) < 4.78 is 10.5. The van der Waals surface area contributed by atoms with Crippen LogP contribution in [0.2, 0.25) is 0 Å². The third kappa shape index (κ3) is 2.15. The molecule has 3 atom stereocenters. The lowest BCUT2D eigenvalue weighted by molar-refractivity contribution is -0.143. The van der Waals surface area contributed by atoms with Gasteiger partial charge in [0.2, 0.25) is 0 Å². The molecule has 78 valence electrons. The molecule has 0 radical (unpaired) electrons. The number of rotatable bonds is 4. The highest BCUT2D eigenvalue weighted by Gasteiger charge is 2.36. The average molecular weight is 196 g/mol. The molecular weight excluding hydrogens is 180 g/mol. The van der Waals surface area contributed by atoms with Crippen LogP contribution in [0.3, 0.4) is 0 Å². The first kappa shape index (κ1) is 9.71. The van der Waals surface area contributed by atoms with Crippen LogP contribution in [0.1, 0.15) is 19.8 Å². The monoisotopic (exact) mass is 196 g/mol. The van der Waals surface area contributed by atoms with Gasteiger partial charge in [-0.1, -0.05) is 12.2 Å². The smallest absolute Gasteiger partial charge is 0.302 e. The Morgan fingerprint density at radius 1 is 1.36 bits per heavy atom. The molecule has 0 aromatic carbocycles. The zero-order valence-electron chi connectivity index (χ0n) is 8.44. The Kier molecular flexibility index (Phi) is 2.87. The normalized spacial score (nSPS) is 33.6. The van der Waals surface area contributed by atoms with Crippen molar-refractivity contribution in [2.24, 2.45) is 11.8 Å². The molecule has 2 aliphatic rings. The molecule has 0 aliphatic heterocycles. The van der Waals surface area contributed by atoms with Gasteiger partial charge in [-0.25, -0.2) is 0 Å². The summed E-state index contributed by atoms with van der Waals surface area (Å²) >= 11 is 0. The summed E-state index contributed by atoms with van der Waals surface area (Å²) in [5, 5.41) is 0. The van der Waals surface area contributed by atoms with E-state index in [1.165, 1.54) is 13.3 Å². The Morgan fingerprint density at radius 3 is 2.79 bits per heavy atom. The Bertz CT molecular complexity index is 247. The lowest BCUT2D eigenvalue weighted by Gasteiger charge is -2.18. The fourth-order valence-corrected chi connectivity index (χ4v) is 2.31. The molecule has 2 rings (SSSR count). The molecule has 0 N–H and O–H groups in total. The van der Waals surface area contributed by atoms with Crippen LogP contribution in [-0.2, 0) is 14.3 Å². The highest BCUT2D eigenvalue weighted by atomic mass is 16.6. The number of allylic oxidation sites excluding steroid dienone is 1. The first-order chi connectivity index (χ1) is 6.75. The van der Waals surface area contributed by atoms with Crippen LogP contribution >= 0.6 is 0 Å². The first-order valence-corrected chi connectivity index (χ1v) is 5.19. The third-order valence-electron chi connectivity index (χ3n) is 2.94. The highest BCUT2D eigenvalue weighted by Crippen LogP contribution is 2.40. The molecule has 1 saturated carbocycles. The molecular formula is C11H16O3. The van der Waals surface area contributed by atoms with Crippen LogP contribution in [0, 0.1) is 11.8 Å². The van der Waals surface area contributed by atoms with Crippen LogP contribution in [0.15, 0.2) is 12.2 Å². The summed E-state index contributed by atoms with van der Waals surface area (Å²) in [7, 11) is 0. The second-order valence-electron chi connectivity index (χ2n) is 4.03.